The fourth-order valence-electron chi connectivity index (χ4n) is 1.61. The first-order valence-corrected chi connectivity index (χ1v) is 6.97. The van der Waals surface area contributed by atoms with Crippen LogP contribution in [0.4, 0.5) is 4.79 Å². The Balaban J connectivity index is 2.50. The van der Waals surface area contributed by atoms with Crippen LogP contribution in [0.5, 0.6) is 11.5 Å². The lowest BCUT2D eigenvalue weighted by Crippen LogP contribution is -2.42. The summed E-state index contributed by atoms with van der Waals surface area (Å²) in [6.07, 6.45) is 0. The lowest BCUT2D eigenvalue weighted by atomic mass is 10.2. The van der Waals surface area contributed by atoms with Crippen molar-refractivity contribution in [2.45, 2.75) is 0 Å². The molecule has 0 fully saturated rings. The molecule has 0 aliphatic heterocycles. The van der Waals surface area contributed by atoms with Crippen molar-refractivity contribution in [1.29, 1.82) is 0 Å². The third kappa shape index (κ3) is 6.53. The van der Waals surface area contributed by atoms with Gasteiger partial charge in [0.25, 0.3) is 5.91 Å². The molecule has 0 bridgehead atoms. The number of methoxy groups -OCH3 is 3. The van der Waals surface area contributed by atoms with Crippen LogP contribution < -0.4 is 20.1 Å². The molecule has 0 unspecified atom stereocenters. The van der Waals surface area contributed by atoms with Gasteiger partial charge in [-0.05, 0) is 12.1 Å². The van der Waals surface area contributed by atoms with Crippen LogP contribution >= 0.6 is 0 Å². The zero-order chi connectivity index (χ0) is 17.9. The lowest BCUT2D eigenvalue weighted by Gasteiger charge is -2.09. The van der Waals surface area contributed by atoms with E-state index in [0.29, 0.717) is 18.1 Å². The zero-order valence-electron chi connectivity index (χ0n) is 13.7. The van der Waals surface area contributed by atoms with Gasteiger partial charge in [0, 0.05) is 19.7 Å². The number of rotatable bonds is 8. The summed E-state index contributed by atoms with van der Waals surface area (Å²) in [6, 6.07) is 3.78. The predicted molar refractivity (Wildman–Crippen MR) is 83.2 cm³/mol. The summed E-state index contributed by atoms with van der Waals surface area (Å²) >= 11 is 0. The van der Waals surface area contributed by atoms with Gasteiger partial charge in [-0.2, -0.15) is 0 Å². The highest BCUT2D eigenvalue weighted by atomic mass is 16.5. The minimum absolute atomic E-state index is 0.156. The molecule has 3 amide bonds. The van der Waals surface area contributed by atoms with Crippen LogP contribution in [0.15, 0.2) is 18.2 Å². The second-order valence-electron chi connectivity index (χ2n) is 4.47. The number of ether oxygens (including phenoxy) is 4. The molecule has 1 aromatic carbocycles. The van der Waals surface area contributed by atoms with Crippen LogP contribution in [0, 0.1) is 0 Å². The van der Waals surface area contributed by atoms with Gasteiger partial charge in [-0.1, -0.05) is 0 Å². The Kier molecular flexibility index (Phi) is 8.06. The molecule has 0 saturated carbocycles. The molecule has 2 N–H and O–H groups in total. The Morgan fingerprint density at radius 3 is 2.17 bits per heavy atom. The van der Waals surface area contributed by atoms with Crippen molar-refractivity contribution in [3.8, 4) is 11.5 Å². The number of imide groups is 1. The van der Waals surface area contributed by atoms with E-state index in [-0.39, 0.29) is 12.1 Å². The minimum Gasteiger partial charge on any atom is -0.497 e. The summed E-state index contributed by atoms with van der Waals surface area (Å²) in [6.45, 7) is -0.0384. The third-order valence-corrected chi connectivity index (χ3v) is 2.77. The van der Waals surface area contributed by atoms with Crippen molar-refractivity contribution < 1.29 is 33.3 Å². The van der Waals surface area contributed by atoms with E-state index in [1.807, 2.05) is 5.32 Å². The maximum Gasteiger partial charge on any atom is 0.338 e. The average molecular weight is 340 g/mol. The Morgan fingerprint density at radius 1 is 1.00 bits per heavy atom. The Labute approximate surface area is 139 Å². The molecule has 0 radical (unpaired) electrons. The number of carbonyl (C=O) groups is 3. The Morgan fingerprint density at radius 2 is 1.62 bits per heavy atom. The number of benzene rings is 1. The van der Waals surface area contributed by atoms with Crippen LogP contribution in [0.3, 0.4) is 0 Å². The van der Waals surface area contributed by atoms with E-state index >= 15 is 0 Å². The highest BCUT2D eigenvalue weighted by Gasteiger charge is 2.14. The highest BCUT2D eigenvalue weighted by Crippen LogP contribution is 2.22. The number of nitrogens with one attached hydrogen (secondary N) is 2. The zero-order valence-corrected chi connectivity index (χ0v) is 13.7. The molecule has 0 aromatic heterocycles. The first-order chi connectivity index (χ1) is 11.5. The van der Waals surface area contributed by atoms with Gasteiger partial charge in [0.1, 0.15) is 11.5 Å². The van der Waals surface area contributed by atoms with Crippen LogP contribution in [-0.2, 0) is 14.3 Å². The molecule has 0 aliphatic carbocycles. The van der Waals surface area contributed by atoms with Crippen molar-refractivity contribution in [3.05, 3.63) is 23.8 Å². The van der Waals surface area contributed by atoms with E-state index < -0.39 is 24.5 Å². The van der Waals surface area contributed by atoms with E-state index in [0.717, 1.165) is 0 Å². The SMILES string of the molecule is COCCNC(=O)NC(=O)COC(=O)c1cc(OC)cc(OC)c1. The van der Waals surface area contributed by atoms with Gasteiger partial charge in [-0.3, -0.25) is 10.1 Å². The average Bonchev–Trinajstić information content (AvgIpc) is 2.59. The second kappa shape index (κ2) is 10.1. The van der Waals surface area contributed by atoms with Crippen LogP contribution in [-0.4, -0.2) is 59.0 Å². The molecule has 24 heavy (non-hydrogen) atoms. The quantitative estimate of drug-likeness (QED) is 0.518. The summed E-state index contributed by atoms with van der Waals surface area (Å²) in [5.74, 6) is -0.693. The topological polar surface area (TPSA) is 112 Å². The summed E-state index contributed by atoms with van der Waals surface area (Å²) in [5, 5.41) is 4.41. The maximum absolute atomic E-state index is 12.0. The first-order valence-electron chi connectivity index (χ1n) is 6.97. The van der Waals surface area contributed by atoms with Crippen LogP contribution in [0.1, 0.15) is 10.4 Å². The predicted octanol–water partition coefficient (Wildman–Crippen LogP) is 0.333. The minimum atomic E-state index is -0.756. The summed E-state index contributed by atoms with van der Waals surface area (Å²) < 4.78 is 19.7. The van der Waals surface area contributed by atoms with Crippen molar-refractivity contribution >= 4 is 17.9 Å². The lowest BCUT2D eigenvalue weighted by molar-refractivity contribution is -0.123. The number of hydrogen-bond acceptors (Lipinski definition) is 7. The fourth-order valence-corrected chi connectivity index (χ4v) is 1.61. The molecule has 1 aromatic rings. The molecular weight excluding hydrogens is 320 g/mol. The molecule has 132 valence electrons. The first kappa shape index (κ1) is 19.2. The maximum atomic E-state index is 12.0. The normalized spacial score (nSPS) is 9.79. The van der Waals surface area contributed by atoms with Crippen LogP contribution in [0.25, 0.3) is 0 Å². The van der Waals surface area contributed by atoms with E-state index in [1.165, 1.54) is 33.5 Å². The van der Waals surface area contributed by atoms with E-state index in [1.54, 1.807) is 6.07 Å². The van der Waals surface area contributed by atoms with E-state index in [9.17, 15) is 14.4 Å². The van der Waals surface area contributed by atoms with Gasteiger partial charge in [0.05, 0.1) is 26.4 Å². The summed E-state index contributed by atoms with van der Waals surface area (Å²) in [4.78, 5) is 34.8. The van der Waals surface area contributed by atoms with Gasteiger partial charge in [-0.25, -0.2) is 9.59 Å². The van der Waals surface area contributed by atoms with E-state index in [2.05, 4.69) is 5.32 Å². The number of esters is 1. The van der Waals surface area contributed by atoms with Gasteiger partial charge >= 0.3 is 12.0 Å². The number of hydrogen-bond donors (Lipinski definition) is 2. The molecular formula is C15H20N2O7. The van der Waals surface area contributed by atoms with Crippen molar-refractivity contribution in [3.63, 3.8) is 0 Å². The molecule has 0 saturated heterocycles. The van der Waals surface area contributed by atoms with Gasteiger partial charge in [-0.15, -0.1) is 0 Å². The van der Waals surface area contributed by atoms with Gasteiger partial charge in [0.15, 0.2) is 6.61 Å². The summed E-state index contributed by atoms with van der Waals surface area (Å²) in [7, 11) is 4.37. The molecule has 0 heterocycles. The molecule has 9 nitrogen and oxygen atoms in total. The smallest absolute Gasteiger partial charge is 0.338 e. The van der Waals surface area contributed by atoms with Crippen molar-refractivity contribution in [2.24, 2.45) is 0 Å². The number of amides is 3. The van der Waals surface area contributed by atoms with Crippen molar-refractivity contribution in [2.75, 3.05) is 41.1 Å². The Bertz CT molecular complexity index is 567. The van der Waals surface area contributed by atoms with E-state index in [4.69, 9.17) is 18.9 Å². The number of carbonyl (C=O) groups excluding carboxylic acids is 3. The Hall–Kier alpha value is -2.81. The van der Waals surface area contributed by atoms with Gasteiger partial charge < -0.3 is 24.3 Å². The highest BCUT2D eigenvalue weighted by molar-refractivity contribution is 5.97. The third-order valence-electron chi connectivity index (χ3n) is 2.77. The number of urea groups is 1. The van der Waals surface area contributed by atoms with Crippen molar-refractivity contribution in [1.82, 2.24) is 10.6 Å². The molecule has 1 rings (SSSR count). The molecule has 0 aliphatic rings. The summed E-state index contributed by atoms with van der Waals surface area (Å²) in [5.41, 5.74) is 0.156. The van der Waals surface area contributed by atoms with Crippen LogP contribution in [0.2, 0.25) is 0 Å². The molecule has 0 spiro atoms. The fraction of sp³-hybridized carbons (Fsp3) is 0.400. The molecule has 9 heteroatoms. The molecule has 0 atom stereocenters. The largest absolute Gasteiger partial charge is 0.497 e. The second-order valence-corrected chi connectivity index (χ2v) is 4.47. The monoisotopic (exact) mass is 340 g/mol. The standard InChI is InChI=1S/C15H20N2O7/c1-21-5-4-16-15(20)17-13(18)9-24-14(19)10-6-11(22-2)8-12(7-10)23-3/h6-8H,4-5,9H2,1-3H3,(H2,16,17,18,20). The van der Waals surface area contributed by atoms with Gasteiger partial charge in [0.2, 0.25) is 0 Å².